The van der Waals surface area contributed by atoms with Crippen molar-refractivity contribution >= 4 is 16.9 Å². The lowest BCUT2D eigenvalue weighted by atomic mass is 9.95. The second-order valence-electron chi connectivity index (χ2n) is 6.40. The number of amides is 1. The van der Waals surface area contributed by atoms with Gasteiger partial charge in [-0.3, -0.25) is 9.59 Å². The van der Waals surface area contributed by atoms with Crippen molar-refractivity contribution < 1.29 is 14.3 Å². The third-order valence-corrected chi connectivity index (χ3v) is 4.52. The van der Waals surface area contributed by atoms with Gasteiger partial charge in [0, 0.05) is 12.6 Å². The Hall–Kier alpha value is -3.07. The average molecular weight is 371 g/mol. The summed E-state index contributed by atoms with van der Waals surface area (Å²) in [6.45, 7) is 3.89. The first-order valence-corrected chi connectivity index (χ1v) is 8.78. The molecule has 3 rings (SSSR count). The number of tetrazole rings is 1. The summed E-state index contributed by atoms with van der Waals surface area (Å²) in [6, 6.07) is 6.09. The van der Waals surface area contributed by atoms with E-state index in [1.165, 1.54) is 0 Å². The van der Waals surface area contributed by atoms with E-state index < -0.39 is 11.5 Å². The number of carbonyl (C=O) groups is 1. The van der Waals surface area contributed by atoms with Crippen molar-refractivity contribution in [1.29, 1.82) is 0 Å². The Labute approximate surface area is 154 Å². The minimum absolute atomic E-state index is 0.0738. The molecule has 0 aliphatic heterocycles. The molecule has 9 heteroatoms. The smallest absolute Gasteiger partial charge is 0.287 e. The summed E-state index contributed by atoms with van der Waals surface area (Å²) < 4.78 is 5.70. The predicted molar refractivity (Wildman–Crippen MR) is 98.1 cm³/mol. The van der Waals surface area contributed by atoms with E-state index in [4.69, 9.17) is 4.42 Å². The predicted octanol–water partition coefficient (Wildman–Crippen LogP) is 1.64. The molecule has 0 spiro atoms. The topological polar surface area (TPSA) is 134 Å². The highest BCUT2D eigenvalue weighted by Crippen LogP contribution is 2.24. The molecular formula is C18H21N5O4. The SMILES string of the molecule is CCCC(O)(CC)CNC(=O)c1cc(=O)c2cccc(-c3nn[nH]n3)c2o1. The average Bonchev–Trinajstić information content (AvgIpc) is 3.20. The number of nitrogens with zero attached hydrogens (tertiary/aromatic N) is 3. The summed E-state index contributed by atoms with van der Waals surface area (Å²) in [7, 11) is 0. The molecule has 0 saturated carbocycles. The molecule has 9 nitrogen and oxygen atoms in total. The van der Waals surface area contributed by atoms with E-state index in [0.29, 0.717) is 23.8 Å². The number of benzene rings is 1. The van der Waals surface area contributed by atoms with Crippen molar-refractivity contribution in [2.75, 3.05) is 6.54 Å². The van der Waals surface area contributed by atoms with Crippen LogP contribution in [-0.4, -0.2) is 43.8 Å². The quantitative estimate of drug-likeness (QED) is 0.575. The van der Waals surface area contributed by atoms with E-state index in [1.807, 2.05) is 13.8 Å². The van der Waals surface area contributed by atoms with Gasteiger partial charge in [0.05, 0.1) is 16.6 Å². The lowest BCUT2D eigenvalue weighted by Crippen LogP contribution is -2.42. The van der Waals surface area contributed by atoms with Crippen LogP contribution < -0.4 is 10.7 Å². The van der Waals surface area contributed by atoms with E-state index in [1.54, 1.807) is 18.2 Å². The minimum atomic E-state index is -0.989. The molecule has 2 heterocycles. The second-order valence-corrected chi connectivity index (χ2v) is 6.40. The second kappa shape index (κ2) is 7.67. The summed E-state index contributed by atoms with van der Waals surface area (Å²) in [6.07, 6.45) is 1.86. The number of aromatic nitrogens is 4. The molecule has 1 amide bonds. The van der Waals surface area contributed by atoms with Gasteiger partial charge in [-0.2, -0.15) is 5.21 Å². The molecule has 27 heavy (non-hydrogen) atoms. The molecule has 3 aromatic rings. The molecule has 142 valence electrons. The van der Waals surface area contributed by atoms with Gasteiger partial charge < -0.3 is 14.8 Å². The fraction of sp³-hybridized carbons (Fsp3) is 0.389. The van der Waals surface area contributed by atoms with E-state index in [-0.39, 0.29) is 29.1 Å². The number of nitrogens with one attached hydrogen (secondary N) is 2. The van der Waals surface area contributed by atoms with E-state index in [9.17, 15) is 14.7 Å². The summed E-state index contributed by atoms with van der Waals surface area (Å²) >= 11 is 0. The van der Waals surface area contributed by atoms with Gasteiger partial charge in [-0.1, -0.05) is 26.3 Å². The third-order valence-electron chi connectivity index (χ3n) is 4.52. The van der Waals surface area contributed by atoms with Crippen LogP contribution in [0.15, 0.2) is 33.5 Å². The maximum Gasteiger partial charge on any atom is 0.287 e. The van der Waals surface area contributed by atoms with Crippen LogP contribution in [0, 0.1) is 0 Å². The van der Waals surface area contributed by atoms with Crippen LogP contribution in [0.2, 0.25) is 0 Å². The lowest BCUT2D eigenvalue weighted by molar-refractivity contribution is 0.0260. The molecule has 1 aromatic carbocycles. The first kappa shape index (κ1) is 18.7. The fourth-order valence-corrected chi connectivity index (χ4v) is 2.93. The van der Waals surface area contributed by atoms with Crippen molar-refractivity contribution in [3.05, 3.63) is 40.2 Å². The number of aliphatic hydroxyl groups is 1. The van der Waals surface area contributed by atoms with Gasteiger partial charge in [0.2, 0.25) is 5.82 Å². The van der Waals surface area contributed by atoms with Crippen LogP contribution in [0.4, 0.5) is 0 Å². The molecule has 0 aliphatic carbocycles. The maximum absolute atomic E-state index is 12.5. The van der Waals surface area contributed by atoms with Gasteiger partial charge >= 0.3 is 0 Å². The Balaban J connectivity index is 1.95. The number of hydrogen-bond donors (Lipinski definition) is 3. The summed E-state index contributed by atoms with van der Waals surface area (Å²) in [5.41, 5.74) is -0.692. The highest BCUT2D eigenvalue weighted by molar-refractivity contribution is 5.95. The highest BCUT2D eigenvalue weighted by atomic mass is 16.3. The molecule has 0 aliphatic rings. The largest absolute Gasteiger partial charge is 0.450 e. The van der Waals surface area contributed by atoms with Crippen LogP contribution in [0.3, 0.4) is 0 Å². The number of carbonyl (C=O) groups excluding carboxylic acids is 1. The highest BCUT2D eigenvalue weighted by Gasteiger charge is 2.25. The first-order chi connectivity index (χ1) is 13.0. The first-order valence-electron chi connectivity index (χ1n) is 8.78. The minimum Gasteiger partial charge on any atom is -0.450 e. The number of hydrogen-bond acceptors (Lipinski definition) is 7. The number of rotatable bonds is 7. The Morgan fingerprint density at radius 3 is 2.85 bits per heavy atom. The van der Waals surface area contributed by atoms with E-state index in [0.717, 1.165) is 12.5 Å². The van der Waals surface area contributed by atoms with Crippen LogP contribution >= 0.6 is 0 Å². The van der Waals surface area contributed by atoms with Crippen molar-refractivity contribution in [1.82, 2.24) is 25.9 Å². The molecular weight excluding hydrogens is 350 g/mol. The Morgan fingerprint density at radius 1 is 1.37 bits per heavy atom. The number of fused-ring (bicyclic) bond motifs is 1. The van der Waals surface area contributed by atoms with Crippen LogP contribution in [0.25, 0.3) is 22.4 Å². The Morgan fingerprint density at radius 2 is 2.19 bits per heavy atom. The summed E-state index contributed by atoms with van der Waals surface area (Å²) in [5, 5.41) is 27.1. The number of aromatic amines is 1. The zero-order chi connectivity index (χ0) is 19.4. The molecule has 0 fully saturated rings. The van der Waals surface area contributed by atoms with Crippen molar-refractivity contribution in [3.63, 3.8) is 0 Å². The molecule has 0 saturated heterocycles. The molecule has 0 radical (unpaired) electrons. The summed E-state index contributed by atoms with van der Waals surface area (Å²) in [5.74, 6) is -0.456. The molecule has 1 atom stereocenters. The third kappa shape index (κ3) is 3.87. The number of para-hydroxylation sites is 1. The van der Waals surface area contributed by atoms with Gasteiger partial charge in [-0.05, 0) is 30.2 Å². The van der Waals surface area contributed by atoms with E-state index >= 15 is 0 Å². The zero-order valence-corrected chi connectivity index (χ0v) is 15.2. The van der Waals surface area contributed by atoms with Crippen molar-refractivity contribution in [2.24, 2.45) is 0 Å². The van der Waals surface area contributed by atoms with Gasteiger partial charge in [-0.15, -0.1) is 10.2 Å². The van der Waals surface area contributed by atoms with Gasteiger partial charge in [0.1, 0.15) is 5.58 Å². The van der Waals surface area contributed by atoms with Crippen LogP contribution in [0.1, 0.15) is 43.7 Å². The molecule has 0 bridgehead atoms. The Kier molecular flexibility index (Phi) is 5.31. The monoisotopic (exact) mass is 371 g/mol. The van der Waals surface area contributed by atoms with Crippen molar-refractivity contribution in [3.8, 4) is 11.4 Å². The zero-order valence-electron chi connectivity index (χ0n) is 15.2. The van der Waals surface area contributed by atoms with E-state index in [2.05, 4.69) is 25.9 Å². The Bertz CT molecular complexity index is 999. The number of H-pyrrole nitrogens is 1. The molecule has 3 N–H and O–H groups in total. The van der Waals surface area contributed by atoms with Crippen molar-refractivity contribution in [2.45, 2.75) is 38.7 Å². The van der Waals surface area contributed by atoms with Crippen LogP contribution in [0.5, 0.6) is 0 Å². The van der Waals surface area contributed by atoms with Gasteiger partial charge in [-0.25, -0.2) is 0 Å². The van der Waals surface area contributed by atoms with Gasteiger partial charge in [0.25, 0.3) is 5.91 Å². The lowest BCUT2D eigenvalue weighted by Gasteiger charge is -2.26. The standard InChI is InChI=1S/C18H21N5O4/c1-3-8-18(26,4-2)10-19-17(25)14-9-13(24)11-6-5-7-12(15(11)27-14)16-20-22-23-21-16/h5-7,9,26H,3-4,8,10H2,1-2H3,(H,19,25)(H,20,21,22,23). The summed E-state index contributed by atoms with van der Waals surface area (Å²) in [4.78, 5) is 24.9. The maximum atomic E-state index is 12.5. The molecule has 2 aromatic heterocycles. The van der Waals surface area contributed by atoms with Gasteiger partial charge in [0.15, 0.2) is 11.2 Å². The molecule has 1 unspecified atom stereocenters. The normalized spacial score (nSPS) is 13.4. The van der Waals surface area contributed by atoms with Crippen LogP contribution in [-0.2, 0) is 0 Å². The fourth-order valence-electron chi connectivity index (χ4n) is 2.93.